The van der Waals surface area contributed by atoms with E-state index in [1.165, 1.54) is 24.3 Å². The smallest absolute Gasteiger partial charge is 0.338 e. The van der Waals surface area contributed by atoms with E-state index in [1.807, 2.05) is 6.92 Å². The normalized spacial score (nSPS) is 10.2. The Hall–Kier alpha value is -2.63. The highest BCUT2D eigenvalue weighted by atomic mass is 16.5. The van der Waals surface area contributed by atoms with E-state index in [4.69, 9.17) is 4.74 Å². The highest BCUT2D eigenvalue weighted by Gasteiger charge is 2.06. The van der Waals surface area contributed by atoms with Gasteiger partial charge in [-0.3, -0.25) is 4.79 Å². The zero-order valence-corrected chi connectivity index (χ0v) is 10.9. The maximum Gasteiger partial charge on any atom is 0.338 e. The number of aliphatic carboxylic acids is 1. The van der Waals surface area contributed by atoms with Gasteiger partial charge in [-0.1, -0.05) is 6.92 Å². The lowest BCUT2D eigenvalue weighted by molar-refractivity contribution is -0.297. The number of esters is 1. The molecule has 1 aromatic carbocycles. The number of benzene rings is 1. The van der Waals surface area contributed by atoms with Gasteiger partial charge in [0.05, 0.1) is 18.1 Å². The number of ether oxygens (including phenoxy) is 1. The highest BCUT2D eigenvalue weighted by Crippen LogP contribution is 2.10. The molecule has 20 heavy (non-hydrogen) atoms. The van der Waals surface area contributed by atoms with Crippen LogP contribution in [0.2, 0.25) is 0 Å². The molecule has 1 aromatic rings. The number of hydrogen-bond donors (Lipinski definition) is 1. The molecule has 0 radical (unpaired) electrons. The second kappa shape index (κ2) is 7.73. The molecule has 0 aromatic heterocycles. The van der Waals surface area contributed by atoms with Gasteiger partial charge in [0.2, 0.25) is 5.91 Å². The first kappa shape index (κ1) is 15.4. The Morgan fingerprint density at radius 1 is 1.20 bits per heavy atom. The summed E-state index contributed by atoms with van der Waals surface area (Å²) in [4.78, 5) is 33.0. The van der Waals surface area contributed by atoms with Gasteiger partial charge in [-0.15, -0.1) is 0 Å². The van der Waals surface area contributed by atoms with Crippen LogP contribution in [-0.2, 0) is 14.3 Å². The lowest BCUT2D eigenvalue weighted by Crippen LogP contribution is -2.20. The number of carbonyl (C=O) groups is 3. The largest absolute Gasteiger partial charge is 0.545 e. The molecule has 0 atom stereocenters. The molecule has 0 bridgehead atoms. The van der Waals surface area contributed by atoms with E-state index in [1.54, 1.807) is 0 Å². The first-order chi connectivity index (χ1) is 9.52. The Morgan fingerprint density at radius 3 is 2.40 bits per heavy atom. The third-order valence-corrected chi connectivity index (χ3v) is 2.20. The zero-order valence-electron chi connectivity index (χ0n) is 10.9. The van der Waals surface area contributed by atoms with E-state index in [0.717, 1.165) is 12.5 Å². The summed E-state index contributed by atoms with van der Waals surface area (Å²) in [7, 11) is 0. The van der Waals surface area contributed by atoms with Crippen LogP contribution in [0.5, 0.6) is 0 Å². The number of amides is 1. The van der Waals surface area contributed by atoms with Crippen molar-refractivity contribution in [3.05, 3.63) is 42.0 Å². The maximum absolute atomic E-state index is 11.5. The van der Waals surface area contributed by atoms with Crippen molar-refractivity contribution in [3.63, 3.8) is 0 Å². The van der Waals surface area contributed by atoms with Crippen molar-refractivity contribution in [1.29, 1.82) is 0 Å². The second-order valence-corrected chi connectivity index (χ2v) is 3.85. The quantitative estimate of drug-likeness (QED) is 0.603. The van der Waals surface area contributed by atoms with Crippen molar-refractivity contribution in [1.82, 2.24) is 0 Å². The van der Waals surface area contributed by atoms with Gasteiger partial charge in [0.1, 0.15) is 0 Å². The van der Waals surface area contributed by atoms with Crippen LogP contribution in [0.15, 0.2) is 36.4 Å². The van der Waals surface area contributed by atoms with Crippen molar-refractivity contribution in [2.75, 3.05) is 11.9 Å². The summed E-state index contributed by atoms with van der Waals surface area (Å²) in [6.45, 7) is 2.25. The minimum Gasteiger partial charge on any atom is -0.545 e. The van der Waals surface area contributed by atoms with Crippen LogP contribution >= 0.6 is 0 Å². The molecule has 0 spiro atoms. The fraction of sp³-hybridized carbons (Fsp3) is 0.214. The molecular formula is C14H14NO5-. The molecule has 1 N–H and O–H groups in total. The number of hydrogen-bond acceptors (Lipinski definition) is 5. The second-order valence-electron chi connectivity index (χ2n) is 3.85. The van der Waals surface area contributed by atoms with Crippen molar-refractivity contribution in [3.8, 4) is 0 Å². The molecule has 0 aliphatic carbocycles. The Morgan fingerprint density at radius 2 is 1.85 bits per heavy atom. The van der Waals surface area contributed by atoms with E-state index in [0.29, 0.717) is 23.9 Å². The lowest BCUT2D eigenvalue weighted by Gasteiger charge is -2.05. The van der Waals surface area contributed by atoms with Crippen LogP contribution in [0.4, 0.5) is 5.69 Å². The number of carbonyl (C=O) groups excluding carboxylic acids is 3. The van der Waals surface area contributed by atoms with Crippen LogP contribution in [0.1, 0.15) is 23.7 Å². The summed E-state index contributed by atoms with van der Waals surface area (Å²) in [6.07, 6.45) is 2.22. The fourth-order valence-electron chi connectivity index (χ4n) is 1.30. The monoisotopic (exact) mass is 276 g/mol. The molecule has 0 aliphatic heterocycles. The van der Waals surface area contributed by atoms with Gasteiger partial charge in [-0.25, -0.2) is 4.79 Å². The molecule has 0 heterocycles. The van der Waals surface area contributed by atoms with E-state index < -0.39 is 17.8 Å². The first-order valence-electron chi connectivity index (χ1n) is 6.00. The van der Waals surface area contributed by atoms with Crippen molar-refractivity contribution < 1.29 is 24.2 Å². The Kier molecular flexibility index (Phi) is 5.96. The minimum atomic E-state index is -1.45. The van der Waals surface area contributed by atoms with Crippen molar-refractivity contribution in [2.45, 2.75) is 13.3 Å². The molecule has 0 fully saturated rings. The van der Waals surface area contributed by atoms with Crippen molar-refractivity contribution in [2.24, 2.45) is 0 Å². The molecule has 1 amide bonds. The van der Waals surface area contributed by atoms with Crippen molar-refractivity contribution >= 4 is 23.5 Å². The summed E-state index contributed by atoms with van der Waals surface area (Å²) >= 11 is 0. The fourth-order valence-corrected chi connectivity index (χ4v) is 1.30. The minimum absolute atomic E-state index is 0.353. The summed E-state index contributed by atoms with van der Waals surface area (Å²) in [6, 6.07) is 6.06. The summed E-state index contributed by atoms with van der Waals surface area (Å²) in [5, 5.41) is 12.6. The highest BCUT2D eigenvalue weighted by molar-refractivity contribution is 6.02. The maximum atomic E-state index is 11.5. The molecule has 6 nitrogen and oxygen atoms in total. The van der Waals surface area contributed by atoms with Crippen LogP contribution in [0.3, 0.4) is 0 Å². The topological polar surface area (TPSA) is 95.5 Å². The van der Waals surface area contributed by atoms with Gasteiger partial charge in [0.15, 0.2) is 0 Å². The molecule has 106 valence electrons. The van der Waals surface area contributed by atoms with E-state index in [9.17, 15) is 19.5 Å². The van der Waals surface area contributed by atoms with Gasteiger partial charge in [-0.2, -0.15) is 0 Å². The predicted molar refractivity (Wildman–Crippen MR) is 69.8 cm³/mol. The molecule has 6 heteroatoms. The van der Waals surface area contributed by atoms with Gasteiger partial charge in [0, 0.05) is 11.8 Å². The Labute approximate surface area is 116 Å². The summed E-state index contributed by atoms with van der Waals surface area (Å²) in [5.74, 6) is -2.48. The number of anilines is 1. The van der Waals surface area contributed by atoms with Crippen LogP contribution < -0.4 is 10.4 Å². The first-order valence-corrected chi connectivity index (χ1v) is 6.00. The molecule has 0 saturated carbocycles. The summed E-state index contributed by atoms with van der Waals surface area (Å²) < 4.78 is 4.95. The molecular weight excluding hydrogens is 262 g/mol. The number of carboxylic acids is 1. The molecule has 0 unspecified atom stereocenters. The Balaban J connectivity index is 2.60. The van der Waals surface area contributed by atoms with Gasteiger partial charge >= 0.3 is 5.97 Å². The Bertz CT molecular complexity index is 519. The third kappa shape index (κ3) is 5.34. The van der Waals surface area contributed by atoms with E-state index >= 15 is 0 Å². The average Bonchev–Trinajstić information content (AvgIpc) is 2.43. The molecule has 1 rings (SSSR count). The predicted octanol–water partition coefficient (Wildman–Crippen LogP) is 0.498. The number of carboxylic acid groups (broad SMARTS) is 1. The lowest BCUT2D eigenvalue weighted by atomic mass is 10.2. The van der Waals surface area contributed by atoms with Gasteiger partial charge in [-0.05, 0) is 36.8 Å². The van der Waals surface area contributed by atoms with Crippen LogP contribution in [0.25, 0.3) is 0 Å². The van der Waals surface area contributed by atoms with Crippen LogP contribution in [0, 0.1) is 0 Å². The van der Waals surface area contributed by atoms with E-state index in [-0.39, 0.29) is 0 Å². The molecule has 0 saturated heterocycles. The summed E-state index contributed by atoms with van der Waals surface area (Å²) in [5.41, 5.74) is 0.812. The molecule has 0 aliphatic rings. The van der Waals surface area contributed by atoms with E-state index in [2.05, 4.69) is 5.32 Å². The average molecular weight is 276 g/mol. The van der Waals surface area contributed by atoms with Crippen LogP contribution in [-0.4, -0.2) is 24.5 Å². The standard InChI is InChI=1S/C14H15NO5/c1-2-9-20-14(19)10-3-5-11(6-4-10)15-12(16)7-8-13(17)18/h3-8H,2,9H2,1H3,(H,15,16)(H,17,18)/p-1/b8-7-. The third-order valence-electron chi connectivity index (χ3n) is 2.20. The number of rotatable bonds is 6. The SMILES string of the molecule is CCCOC(=O)c1ccc(NC(=O)/C=C\C(=O)[O-])cc1. The zero-order chi connectivity index (χ0) is 15.0. The van der Waals surface area contributed by atoms with Gasteiger partial charge < -0.3 is 20.0 Å². The van der Waals surface area contributed by atoms with Gasteiger partial charge in [0.25, 0.3) is 0 Å². The number of nitrogens with one attached hydrogen (secondary N) is 1.